The Bertz CT molecular complexity index is 575. The summed E-state index contributed by atoms with van der Waals surface area (Å²) in [6, 6.07) is 9.32. The SMILES string of the molecule is Cn1cccc1N=Nc1ccc2c(c1)OCO2. The van der Waals surface area contributed by atoms with E-state index in [4.69, 9.17) is 9.47 Å². The summed E-state index contributed by atoms with van der Waals surface area (Å²) in [5.74, 6) is 2.28. The molecule has 3 rings (SSSR count). The molecule has 0 unspecified atom stereocenters. The minimum absolute atomic E-state index is 0.272. The van der Waals surface area contributed by atoms with E-state index >= 15 is 0 Å². The van der Waals surface area contributed by atoms with E-state index in [-0.39, 0.29) is 6.79 Å². The van der Waals surface area contributed by atoms with E-state index in [0.29, 0.717) is 5.75 Å². The van der Waals surface area contributed by atoms with Crippen LogP contribution >= 0.6 is 0 Å². The van der Waals surface area contributed by atoms with Gasteiger partial charge in [0.25, 0.3) is 0 Å². The monoisotopic (exact) mass is 229 g/mol. The minimum atomic E-state index is 0.272. The summed E-state index contributed by atoms with van der Waals surface area (Å²) in [6.07, 6.45) is 1.92. The predicted molar refractivity (Wildman–Crippen MR) is 62.2 cm³/mol. The molecule has 2 heterocycles. The van der Waals surface area contributed by atoms with Crippen LogP contribution < -0.4 is 9.47 Å². The number of aromatic nitrogens is 1. The third-order valence-corrected chi connectivity index (χ3v) is 2.54. The highest BCUT2D eigenvalue weighted by Gasteiger charge is 2.12. The second kappa shape index (κ2) is 3.93. The van der Waals surface area contributed by atoms with Gasteiger partial charge in [-0.05, 0) is 24.3 Å². The van der Waals surface area contributed by atoms with Crippen LogP contribution in [0.4, 0.5) is 11.5 Å². The van der Waals surface area contributed by atoms with E-state index in [1.165, 1.54) is 0 Å². The lowest BCUT2D eigenvalue weighted by Gasteiger charge is -1.97. The van der Waals surface area contributed by atoms with Crippen molar-refractivity contribution in [3.63, 3.8) is 0 Å². The number of benzene rings is 1. The van der Waals surface area contributed by atoms with Gasteiger partial charge < -0.3 is 14.0 Å². The van der Waals surface area contributed by atoms with Crippen LogP contribution in [0, 0.1) is 0 Å². The molecule has 0 spiro atoms. The topological polar surface area (TPSA) is 48.1 Å². The Morgan fingerprint density at radius 3 is 2.82 bits per heavy atom. The van der Waals surface area contributed by atoms with Gasteiger partial charge >= 0.3 is 0 Å². The van der Waals surface area contributed by atoms with Gasteiger partial charge in [-0.2, -0.15) is 0 Å². The summed E-state index contributed by atoms with van der Waals surface area (Å²) in [4.78, 5) is 0. The fraction of sp³-hybridized carbons (Fsp3) is 0.167. The number of aryl methyl sites for hydroxylation is 1. The number of azo groups is 1. The van der Waals surface area contributed by atoms with E-state index < -0.39 is 0 Å². The van der Waals surface area contributed by atoms with E-state index in [0.717, 1.165) is 17.3 Å². The van der Waals surface area contributed by atoms with Crippen molar-refractivity contribution in [3.05, 3.63) is 36.5 Å². The van der Waals surface area contributed by atoms with Crippen LogP contribution in [0.2, 0.25) is 0 Å². The molecule has 86 valence electrons. The Morgan fingerprint density at radius 1 is 1.12 bits per heavy atom. The van der Waals surface area contributed by atoms with Crippen LogP contribution in [0.25, 0.3) is 0 Å². The third-order valence-electron chi connectivity index (χ3n) is 2.54. The first kappa shape index (κ1) is 9.89. The normalized spacial score (nSPS) is 13.5. The average molecular weight is 229 g/mol. The molecule has 1 aromatic heterocycles. The molecule has 0 aliphatic carbocycles. The summed E-state index contributed by atoms with van der Waals surface area (Å²) in [7, 11) is 1.92. The molecule has 0 radical (unpaired) electrons. The summed E-state index contributed by atoms with van der Waals surface area (Å²) in [5.41, 5.74) is 0.746. The highest BCUT2D eigenvalue weighted by Crippen LogP contribution is 2.35. The van der Waals surface area contributed by atoms with E-state index in [9.17, 15) is 0 Å². The zero-order valence-corrected chi connectivity index (χ0v) is 9.33. The first-order valence-electron chi connectivity index (χ1n) is 5.26. The zero-order valence-electron chi connectivity index (χ0n) is 9.33. The lowest BCUT2D eigenvalue weighted by molar-refractivity contribution is 0.174. The quantitative estimate of drug-likeness (QED) is 0.742. The van der Waals surface area contributed by atoms with Gasteiger partial charge in [0.05, 0.1) is 5.69 Å². The summed E-state index contributed by atoms with van der Waals surface area (Å²) in [6.45, 7) is 0.272. The number of hydrogen-bond donors (Lipinski definition) is 0. The first-order valence-corrected chi connectivity index (χ1v) is 5.26. The number of fused-ring (bicyclic) bond motifs is 1. The molecule has 0 saturated carbocycles. The molecular weight excluding hydrogens is 218 g/mol. The van der Waals surface area contributed by atoms with E-state index in [1.807, 2.05) is 48.1 Å². The standard InChI is InChI=1S/C12H11N3O2/c1-15-6-2-3-12(15)14-13-9-4-5-10-11(7-9)17-8-16-10/h2-7H,8H2,1H3. The predicted octanol–water partition coefficient (Wildman–Crippen LogP) is 3.17. The van der Waals surface area contributed by atoms with Crippen LogP contribution in [0.15, 0.2) is 46.8 Å². The zero-order chi connectivity index (χ0) is 11.7. The van der Waals surface area contributed by atoms with E-state index in [2.05, 4.69) is 10.2 Å². The van der Waals surface area contributed by atoms with Gasteiger partial charge in [-0.15, -0.1) is 10.2 Å². The van der Waals surface area contributed by atoms with Gasteiger partial charge in [0, 0.05) is 19.3 Å². The molecule has 0 atom stereocenters. The molecule has 5 heteroatoms. The van der Waals surface area contributed by atoms with Crippen LogP contribution in [-0.2, 0) is 7.05 Å². The molecule has 0 fully saturated rings. The third kappa shape index (κ3) is 1.87. The summed E-state index contributed by atoms with van der Waals surface area (Å²) >= 11 is 0. The smallest absolute Gasteiger partial charge is 0.231 e. The Balaban J connectivity index is 1.86. The second-order valence-corrected chi connectivity index (χ2v) is 3.71. The molecule has 5 nitrogen and oxygen atoms in total. The summed E-state index contributed by atoms with van der Waals surface area (Å²) < 4.78 is 12.4. The van der Waals surface area contributed by atoms with Crippen molar-refractivity contribution in [2.75, 3.05) is 6.79 Å². The average Bonchev–Trinajstić information content (AvgIpc) is 2.94. The molecule has 1 aliphatic rings. The fourth-order valence-electron chi connectivity index (χ4n) is 1.61. The molecule has 17 heavy (non-hydrogen) atoms. The highest BCUT2D eigenvalue weighted by atomic mass is 16.7. The van der Waals surface area contributed by atoms with Gasteiger partial charge in [-0.25, -0.2) is 0 Å². The minimum Gasteiger partial charge on any atom is -0.454 e. The number of ether oxygens (including phenoxy) is 2. The van der Waals surface area contributed by atoms with Crippen molar-refractivity contribution in [2.45, 2.75) is 0 Å². The maximum atomic E-state index is 5.27. The first-order chi connectivity index (χ1) is 8.33. The number of nitrogens with zero attached hydrogens (tertiary/aromatic N) is 3. The Hall–Kier alpha value is -2.30. The van der Waals surface area contributed by atoms with Gasteiger partial charge in [0.2, 0.25) is 6.79 Å². The van der Waals surface area contributed by atoms with Crippen molar-refractivity contribution in [2.24, 2.45) is 17.3 Å². The van der Waals surface area contributed by atoms with Gasteiger partial charge in [-0.3, -0.25) is 0 Å². The Kier molecular flexibility index (Phi) is 2.29. The van der Waals surface area contributed by atoms with E-state index in [1.54, 1.807) is 0 Å². The molecule has 1 aromatic carbocycles. The molecule has 0 saturated heterocycles. The van der Waals surface area contributed by atoms with Crippen molar-refractivity contribution in [1.82, 2.24) is 4.57 Å². The molecule has 0 bridgehead atoms. The van der Waals surface area contributed by atoms with Crippen LogP contribution in [0.5, 0.6) is 11.5 Å². The lowest BCUT2D eigenvalue weighted by Crippen LogP contribution is -1.92. The maximum Gasteiger partial charge on any atom is 0.231 e. The Morgan fingerprint density at radius 2 is 2.00 bits per heavy atom. The van der Waals surface area contributed by atoms with Gasteiger partial charge in [-0.1, -0.05) is 0 Å². The largest absolute Gasteiger partial charge is 0.454 e. The van der Waals surface area contributed by atoms with Gasteiger partial charge in [0.15, 0.2) is 17.3 Å². The number of rotatable bonds is 2. The molecule has 0 N–H and O–H groups in total. The highest BCUT2D eigenvalue weighted by molar-refractivity contribution is 5.52. The van der Waals surface area contributed by atoms with Gasteiger partial charge in [0.1, 0.15) is 0 Å². The second-order valence-electron chi connectivity index (χ2n) is 3.71. The van der Waals surface area contributed by atoms with Crippen molar-refractivity contribution in [1.29, 1.82) is 0 Å². The van der Waals surface area contributed by atoms with Crippen molar-refractivity contribution >= 4 is 11.5 Å². The molecular formula is C12H11N3O2. The van der Waals surface area contributed by atoms with Crippen LogP contribution in [0.3, 0.4) is 0 Å². The molecule has 0 amide bonds. The van der Waals surface area contributed by atoms with Crippen molar-refractivity contribution in [3.8, 4) is 11.5 Å². The molecule has 1 aliphatic heterocycles. The summed E-state index contributed by atoms with van der Waals surface area (Å²) in [5, 5.41) is 8.31. The van der Waals surface area contributed by atoms with Crippen LogP contribution in [0.1, 0.15) is 0 Å². The Labute approximate surface area is 98.3 Å². The number of hydrogen-bond acceptors (Lipinski definition) is 4. The fourth-order valence-corrected chi connectivity index (χ4v) is 1.61. The maximum absolute atomic E-state index is 5.27. The van der Waals surface area contributed by atoms with Crippen LogP contribution in [-0.4, -0.2) is 11.4 Å². The molecule has 2 aromatic rings. The lowest BCUT2D eigenvalue weighted by atomic mass is 10.3. The van der Waals surface area contributed by atoms with Crippen molar-refractivity contribution < 1.29 is 9.47 Å².